The van der Waals surface area contributed by atoms with Crippen molar-refractivity contribution in [3.8, 4) is 0 Å². The van der Waals surface area contributed by atoms with Crippen molar-refractivity contribution >= 4 is 6.21 Å². The molecule has 0 radical (unpaired) electrons. The van der Waals surface area contributed by atoms with E-state index in [0.717, 1.165) is 5.70 Å². The van der Waals surface area contributed by atoms with Crippen LogP contribution in [0.2, 0.25) is 0 Å². The van der Waals surface area contributed by atoms with Gasteiger partial charge in [0.2, 0.25) is 0 Å². The SMILES string of the molecule is C\C=N/C(=C\C(=C/C)C(C)C)C(C)C. The minimum Gasteiger partial charge on any atom is -0.266 e. The lowest BCUT2D eigenvalue weighted by molar-refractivity contribution is 0.740. The number of rotatable bonds is 4. The van der Waals surface area contributed by atoms with E-state index in [2.05, 4.69) is 51.8 Å². The van der Waals surface area contributed by atoms with Crippen LogP contribution in [-0.4, -0.2) is 6.21 Å². The Labute approximate surface area is 88.6 Å². The van der Waals surface area contributed by atoms with Gasteiger partial charge < -0.3 is 0 Å². The quantitative estimate of drug-likeness (QED) is 0.468. The summed E-state index contributed by atoms with van der Waals surface area (Å²) in [5.41, 5.74) is 2.52. The Morgan fingerprint density at radius 2 is 1.57 bits per heavy atom. The van der Waals surface area contributed by atoms with Gasteiger partial charge in [0.1, 0.15) is 0 Å². The van der Waals surface area contributed by atoms with Crippen molar-refractivity contribution in [2.24, 2.45) is 16.8 Å². The highest BCUT2D eigenvalue weighted by Crippen LogP contribution is 2.18. The largest absolute Gasteiger partial charge is 0.266 e. The Morgan fingerprint density at radius 1 is 1.00 bits per heavy atom. The normalized spacial score (nSPS) is 14.9. The molecule has 0 aromatic rings. The smallest absolute Gasteiger partial charge is 0.0427 e. The molecule has 0 aromatic heterocycles. The molecule has 0 amide bonds. The summed E-state index contributed by atoms with van der Waals surface area (Å²) < 4.78 is 0. The van der Waals surface area contributed by atoms with E-state index < -0.39 is 0 Å². The molecule has 0 aliphatic rings. The van der Waals surface area contributed by atoms with E-state index >= 15 is 0 Å². The molecule has 0 aliphatic carbocycles. The number of allylic oxidation sites excluding steroid dienone is 4. The van der Waals surface area contributed by atoms with Gasteiger partial charge in [0.15, 0.2) is 0 Å². The number of aliphatic imine (C=N–C) groups is 1. The number of nitrogens with zero attached hydrogens (tertiary/aromatic N) is 1. The Hall–Kier alpha value is -0.850. The Morgan fingerprint density at radius 3 is 1.86 bits per heavy atom. The van der Waals surface area contributed by atoms with Crippen molar-refractivity contribution in [2.45, 2.75) is 41.5 Å². The summed E-state index contributed by atoms with van der Waals surface area (Å²) in [6.45, 7) is 12.8. The third kappa shape index (κ3) is 4.40. The molecule has 0 atom stereocenters. The van der Waals surface area contributed by atoms with Crippen molar-refractivity contribution in [1.29, 1.82) is 0 Å². The van der Waals surface area contributed by atoms with Gasteiger partial charge in [-0.15, -0.1) is 0 Å². The summed E-state index contributed by atoms with van der Waals surface area (Å²) in [5.74, 6) is 1.06. The summed E-state index contributed by atoms with van der Waals surface area (Å²) in [5, 5.41) is 0. The topological polar surface area (TPSA) is 12.4 Å². The molecule has 0 aromatic carbocycles. The maximum absolute atomic E-state index is 4.39. The zero-order valence-electron chi connectivity index (χ0n) is 10.3. The van der Waals surface area contributed by atoms with Crippen LogP contribution >= 0.6 is 0 Å². The van der Waals surface area contributed by atoms with Crippen LogP contribution in [0.5, 0.6) is 0 Å². The summed E-state index contributed by atoms with van der Waals surface area (Å²) in [7, 11) is 0. The standard InChI is InChI=1S/C13H23N/c1-7-12(10(3)4)9-13(11(5)6)14-8-2/h7-11H,1-6H3/b12-7+,13-9-,14-8-. The molecule has 1 nitrogen and oxygen atoms in total. The summed E-state index contributed by atoms with van der Waals surface area (Å²) >= 11 is 0. The molecule has 0 rings (SSSR count). The molecule has 1 heteroatoms. The Bertz CT molecular complexity index is 242. The monoisotopic (exact) mass is 193 g/mol. The fraction of sp³-hybridized carbons (Fsp3) is 0.615. The van der Waals surface area contributed by atoms with Crippen LogP contribution < -0.4 is 0 Å². The average molecular weight is 193 g/mol. The molecule has 0 N–H and O–H groups in total. The van der Waals surface area contributed by atoms with Gasteiger partial charge in [0.05, 0.1) is 0 Å². The van der Waals surface area contributed by atoms with Crippen LogP contribution in [0.1, 0.15) is 41.5 Å². The van der Waals surface area contributed by atoms with Gasteiger partial charge in [0.25, 0.3) is 0 Å². The van der Waals surface area contributed by atoms with Gasteiger partial charge in [-0.05, 0) is 37.3 Å². The van der Waals surface area contributed by atoms with E-state index in [-0.39, 0.29) is 0 Å². The predicted molar refractivity (Wildman–Crippen MR) is 65.7 cm³/mol. The van der Waals surface area contributed by atoms with Crippen molar-refractivity contribution in [2.75, 3.05) is 0 Å². The molecule has 80 valence electrons. The molecule has 0 spiro atoms. The molecular formula is C13H23N. The first-order chi connectivity index (χ1) is 6.52. The molecule has 0 heterocycles. The predicted octanol–water partition coefficient (Wildman–Crippen LogP) is 4.22. The van der Waals surface area contributed by atoms with E-state index in [1.165, 1.54) is 5.57 Å². The lowest BCUT2D eigenvalue weighted by Crippen LogP contribution is -1.96. The molecule has 0 unspecified atom stereocenters. The third-order valence-electron chi connectivity index (χ3n) is 2.18. The highest BCUT2D eigenvalue weighted by atomic mass is 14.7. The second-order valence-corrected chi connectivity index (χ2v) is 4.05. The van der Waals surface area contributed by atoms with Crippen LogP contribution in [0.15, 0.2) is 28.4 Å². The molecule has 0 saturated carbocycles. The Balaban J connectivity index is 4.89. The highest BCUT2D eigenvalue weighted by molar-refractivity contribution is 5.55. The maximum Gasteiger partial charge on any atom is 0.0427 e. The molecule has 14 heavy (non-hydrogen) atoms. The second-order valence-electron chi connectivity index (χ2n) is 4.05. The van der Waals surface area contributed by atoms with Crippen LogP contribution in [0.25, 0.3) is 0 Å². The molecule has 0 saturated heterocycles. The van der Waals surface area contributed by atoms with Gasteiger partial charge in [-0.1, -0.05) is 33.8 Å². The van der Waals surface area contributed by atoms with E-state index in [1.54, 1.807) is 0 Å². The summed E-state index contributed by atoms with van der Waals surface area (Å²) in [6, 6.07) is 0. The zero-order chi connectivity index (χ0) is 11.1. The van der Waals surface area contributed by atoms with Crippen LogP contribution in [0.3, 0.4) is 0 Å². The van der Waals surface area contributed by atoms with Crippen molar-refractivity contribution in [1.82, 2.24) is 0 Å². The Kier molecular flexibility index (Phi) is 6.18. The van der Waals surface area contributed by atoms with E-state index in [4.69, 9.17) is 0 Å². The van der Waals surface area contributed by atoms with Gasteiger partial charge in [-0.25, -0.2) is 0 Å². The number of hydrogen-bond donors (Lipinski definition) is 0. The van der Waals surface area contributed by atoms with Crippen molar-refractivity contribution in [3.63, 3.8) is 0 Å². The minimum atomic E-state index is 0.486. The van der Waals surface area contributed by atoms with Crippen molar-refractivity contribution in [3.05, 3.63) is 23.4 Å². The first-order valence-electron chi connectivity index (χ1n) is 5.39. The van der Waals surface area contributed by atoms with Gasteiger partial charge in [-0.3, -0.25) is 4.99 Å². The maximum atomic E-state index is 4.39. The van der Waals surface area contributed by atoms with Gasteiger partial charge in [-0.2, -0.15) is 0 Å². The van der Waals surface area contributed by atoms with Gasteiger partial charge in [0, 0.05) is 11.9 Å². The van der Waals surface area contributed by atoms with Crippen LogP contribution in [0.4, 0.5) is 0 Å². The highest BCUT2D eigenvalue weighted by Gasteiger charge is 2.04. The fourth-order valence-electron chi connectivity index (χ4n) is 1.26. The lowest BCUT2D eigenvalue weighted by atomic mass is 9.99. The molecular weight excluding hydrogens is 170 g/mol. The minimum absolute atomic E-state index is 0.486. The first-order valence-corrected chi connectivity index (χ1v) is 5.39. The lowest BCUT2D eigenvalue weighted by Gasteiger charge is -2.10. The molecule has 0 fully saturated rings. The van der Waals surface area contributed by atoms with Crippen LogP contribution in [0, 0.1) is 11.8 Å². The molecule has 0 bridgehead atoms. The third-order valence-corrected chi connectivity index (χ3v) is 2.18. The summed E-state index contributed by atoms with van der Waals surface area (Å²) in [4.78, 5) is 4.39. The summed E-state index contributed by atoms with van der Waals surface area (Å²) in [6.07, 6.45) is 6.23. The average Bonchev–Trinajstić information content (AvgIpc) is 2.11. The number of hydrogen-bond acceptors (Lipinski definition) is 1. The fourth-order valence-corrected chi connectivity index (χ4v) is 1.26. The van der Waals surface area contributed by atoms with E-state index in [1.807, 2.05) is 13.1 Å². The molecule has 0 aliphatic heterocycles. The van der Waals surface area contributed by atoms with Gasteiger partial charge >= 0.3 is 0 Å². The zero-order valence-corrected chi connectivity index (χ0v) is 10.3. The first kappa shape index (κ1) is 13.2. The van der Waals surface area contributed by atoms with E-state index in [0.29, 0.717) is 11.8 Å². The van der Waals surface area contributed by atoms with Crippen LogP contribution in [-0.2, 0) is 0 Å². The second kappa shape index (κ2) is 6.58. The van der Waals surface area contributed by atoms with Crippen molar-refractivity contribution < 1.29 is 0 Å². The van der Waals surface area contributed by atoms with E-state index in [9.17, 15) is 0 Å².